The lowest BCUT2D eigenvalue weighted by Gasteiger charge is -2.26. The quantitative estimate of drug-likeness (QED) is 0.755. The maximum Gasteiger partial charge on any atom is 0.222 e. The van der Waals surface area contributed by atoms with Crippen molar-refractivity contribution in [2.24, 2.45) is 11.8 Å². The third-order valence-corrected chi connectivity index (χ3v) is 3.43. The molecule has 1 aliphatic carbocycles. The molecule has 0 spiro atoms. The molecule has 1 aliphatic rings. The first kappa shape index (κ1) is 13.5. The van der Waals surface area contributed by atoms with Crippen LogP contribution < -0.4 is 5.32 Å². The monoisotopic (exact) mass is 227 g/mol. The van der Waals surface area contributed by atoms with Gasteiger partial charge in [0.1, 0.15) is 0 Å². The molecule has 3 nitrogen and oxygen atoms in total. The van der Waals surface area contributed by atoms with Crippen LogP contribution in [0.1, 0.15) is 52.4 Å². The predicted molar refractivity (Wildman–Crippen MR) is 65.0 cm³/mol. The third-order valence-electron chi connectivity index (χ3n) is 3.43. The van der Waals surface area contributed by atoms with Gasteiger partial charge in [0.2, 0.25) is 5.91 Å². The Morgan fingerprint density at radius 1 is 1.31 bits per heavy atom. The van der Waals surface area contributed by atoms with Crippen molar-refractivity contribution in [2.45, 2.75) is 58.4 Å². The summed E-state index contributed by atoms with van der Waals surface area (Å²) in [5.74, 6) is 0.744. The van der Waals surface area contributed by atoms with Crippen molar-refractivity contribution in [3.63, 3.8) is 0 Å². The van der Waals surface area contributed by atoms with Crippen LogP contribution in [0, 0.1) is 11.8 Å². The van der Waals surface area contributed by atoms with Gasteiger partial charge in [-0.05, 0) is 12.3 Å². The summed E-state index contributed by atoms with van der Waals surface area (Å²) in [5, 5.41) is 12.2. The minimum absolute atomic E-state index is 0.000376. The fourth-order valence-electron chi connectivity index (χ4n) is 2.37. The van der Waals surface area contributed by atoms with Crippen molar-refractivity contribution in [3.05, 3.63) is 0 Å². The van der Waals surface area contributed by atoms with E-state index >= 15 is 0 Å². The summed E-state index contributed by atoms with van der Waals surface area (Å²) in [6, 6.07) is -0.0435. The molecule has 1 saturated carbocycles. The second-order valence-electron chi connectivity index (χ2n) is 5.28. The zero-order valence-electron chi connectivity index (χ0n) is 10.5. The summed E-state index contributed by atoms with van der Waals surface area (Å²) in [7, 11) is 0. The fraction of sp³-hybridized carbons (Fsp3) is 0.923. The first-order chi connectivity index (χ1) is 7.63. The highest BCUT2D eigenvalue weighted by Crippen LogP contribution is 2.27. The van der Waals surface area contributed by atoms with E-state index in [0.29, 0.717) is 5.92 Å². The minimum atomic E-state index is -0.0435. The van der Waals surface area contributed by atoms with Gasteiger partial charge in [0.15, 0.2) is 0 Å². The van der Waals surface area contributed by atoms with Crippen LogP contribution in [0.5, 0.6) is 0 Å². The second-order valence-corrected chi connectivity index (χ2v) is 5.28. The lowest BCUT2D eigenvalue weighted by Crippen LogP contribution is -2.41. The van der Waals surface area contributed by atoms with Crippen molar-refractivity contribution in [1.29, 1.82) is 0 Å². The molecule has 94 valence electrons. The maximum absolute atomic E-state index is 11.5. The van der Waals surface area contributed by atoms with Crippen LogP contribution in [-0.4, -0.2) is 23.7 Å². The van der Waals surface area contributed by atoms with E-state index < -0.39 is 0 Å². The van der Waals surface area contributed by atoms with E-state index in [1.54, 1.807) is 0 Å². The Morgan fingerprint density at radius 2 is 1.94 bits per heavy atom. The number of carbonyl (C=O) groups excluding carboxylic acids is 1. The molecule has 3 heteroatoms. The molecule has 0 aromatic heterocycles. The van der Waals surface area contributed by atoms with Crippen LogP contribution in [0.25, 0.3) is 0 Å². The molecule has 0 bridgehead atoms. The van der Waals surface area contributed by atoms with Gasteiger partial charge in [-0.3, -0.25) is 4.79 Å². The minimum Gasteiger partial charge on any atom is -0.394 e. The molecule has 0 saturated heterocycles. The van der Waals surface area contributed by atoms with Crippen molar-refractivity contribution in [1.82, 2.24) is 5.32 Å². The molecule has 0 aliphatic heterocycles. The fourth-order valence-corrected chi connectivity index (χ4v) is 2.37. The Labute approximate surface area is 98.6 Å². The van der Waals surface area contributed by atoms with Crippen LogP contribution in [0.3, 0.4) is 0 Å². The SMILES string of the molecule is CC(C)C(=O)N[C@@H](CO)CC1CCCCC1. The molecule has 2 N–H and O–H groups in total. The van der Waals surface area contributed by atoms with Crippen LogP contribution in [-0.2, 0) is 4.79 Å². The molecule has 0 aromatic carbocycles. The molecule has 0 unspecified atom stereocenters. The molecule has 16 heavy (non-hydrogen) atoms. The number of nitrogens with one attached hydrogen (secondary N) is 1. The molecular formula is C13H25NO2. The Balaban J connectivity index is 2.32. The number of amides is 1. The highest BCUT2D eigenvalue weighted by molar-refractivity contribution is 5.78. The summed E-state index contributed by atoms with van der Waals surface area (Å²) in [4.78, 5) is 11.5. The van der Waals surface area contributed by atoms with Crippen molar-refractivity contribution in [3.8, 4) is 0 Å². The van der Waals surface area contributed by atoms with E-state index in [4.69, 9.17) is 0 Å². The normalized spacial score (nSPS) is 19.8. The first-order valence-electron chi connectivity index (χ1n) is 6.54. The van der Waals surface area contributed by atoms with E-state index in [0.717, 1.165) is 6.42 Å². The molecule has 1 fully saturated rings. The Hall–Kier alpha value is -0.570. The van der Waals surface area contributed by atoms with E-state index in [-0.39, 0.29) is 24.5 Å². The van der Waals surface area contributed by atoms with Gasteiger partial charge in [-0.2, -0.15) is 0 Å². The third kappa shape index (κ3) is 4.52. The highest BCUT2D eigenvalue weighted by atomic mass is 16.3. The van der Waals surface area contributed by atoms with E-state index in [9.17, 15) is 9.90 Å². The zero-order valence-corrected chi connectivity index (χ0v) is 10.5. The topological polar surface area (TPSA) is 49.3 Å². The Kier molecular flexibility index (Phi) is 5.81. The number of aliphatic hydroxyl groups is 1. The van der Waals surface area contributed by atoms with Gasteiger partial charge in [-0.1, -0.05) is 46.0 Å². The second kappa shape index (κ2) is 6.89. The van der Waals surface area contributed by atoms with Gasteiger partial charge in [0.05, 0.1) is 12.6 Å². The average molecular weight is 227 g/mol. The lowest BCUT2D eigenvalue weighted by atomic mass is 9.85. The number of hydrogen-bond donors (Lipinski definition) is 2. The largest absolute Gasteiger partial charge is 0.394 e. The van der Waals surface area contributed by atoms with Gasteiger partial charge in [0.25, 0.3) is 0 Å². The van der Waals surface area contributed by atoms with Crippen LogP contribution in [0.2, 0.25) is 0 Å². The molecule has 1 rings (SSSR count). The number of carbonyl (C=O) groups is 1. The number of rotatable bonds is 5. The van der Waals surface area contributed by atoms with Gasteiger partial charge in [-0.25, -0.2) is 0 Å². The summed E-state index contributed by atoms with van der Waals surface area (Å²) in [6.07, 6.45) is 7.41. The van der Waals surface area contributed by atoms with Crippen LogP contribution in [0.4, 0.5) is 0 Å². The number of aliphatic hydroxyl groups excluding tert-OH is 1. The van der Waals surface area contributed by atoms with E-state index in [1.165, 1.54) is 32.1 Å². The van der Waals surface area contributed by atoms with E-state index in [1.807, 2.05) is 13.8 Å². The van der Waals surface area contributed by atoms with E-state index in [2.05, 4.69) is 5.32 Å². The zero-order chi connectivity index (χ0) is 12.0. The molecular weight excluding hydrogens is 202 g/mol. The maximum atomic E-state index is 11.5. The Bertz CT molecular complexity index is 210. The molecule has 1 amide bonds. The molecule has 1 atom stereocenters. The van der Waals surface area contributed by atoms with Crippen LogP contribution in [0.15, 0.2) is 0 Å². The predicted octanol–water partition coefficient (Wildman–Crippen LogP) is 2.09. The van der Waals surface area contributed by atoms with Crippen molar-refractivity contribution >= 4 is 5.91 Å². The first-order valence-corrected chi connectivity index (χ1v) is 6.54. The van der Waals surface area contributed by atoms with Crippen LogP contribution >= 0.6 is 0 Å². The Morgan fingerprint density at radius 3 is 2.44 bits per heavy atom. The van der Waals surface area contributed by atoms with Crippen molar-refractivity contribution < 1.29 is 9.90 Å². The number of hydrogen-bond acceptors (Lipinski definition) is 2. The van der Waals surface area contributed by atoms with Crippen molar-refractivity contribution in [2.75, 3.05) is 6.61 Å². The smallest absolute Gasteiger partial charge is 0.222 e. The van der Waals surface area contributed by atoms with Gasteiger partial charge in [0, 0.05) is 5.92 Å². The highest BCUT2D eigenvalue weighted by Gasteiger charge is 2.20. The summed E-state index contributed by atoms with van der Waals surface area (Å²) < 4.78 is 0. The summed E-state index contributed by atoms with van der Waals surface area (Å²) >= 11 is 0. The lowest BCUT2D eigenvalue weighted by molar-refractivity contribution is -0.125. The average Bonchev–Trinajstić information content (AvgIpc) is 2.29. The molecule has 0 aromatic rings. The standard InChI is InChI=1S/C13H25NO2/c1-10(2)13(16)14-12(9-15)8-11-6-4-3-5-7-11/h10-12,15H,3-9H2,1-2H3,(H,14,16)/t12-/m1/s1. The summed E-state index contributed by atoms with van der Waals surface area (Å²) in [6.45, 7) is 3.82. The molecule has 0 heterocycles. The van der Waals surface area contributed by atoms with Gasteiger partial charge < -0.3 is 10.4 Å². The summed E-state index contributed by atoms with van der Waals surface area (Å²) in [5.41, 5.74) is 0. The van der Waals surface area contributed by atoms with Gasteiger partial charge in [-0.15, -0.1) is 0 Å². The molecule has 0 radical (unpaired) electrons. The van der Waals surface area contributed by atoms with Gasteiger partial charge >= 0.3 is 0 Å².